The molecule has 0 aromatic heterocycles. The number of carbonyl (C=O) groups excluding carboxylic acids is 1. The molecule has 4 nitrogen and oxygen atoms in total. The van der Waals surface area contributed by atoms with Crippen LogP contribution in [0.4, 0.5) is 0 Å². The van der Waals surface area contributed by atoms with E-state index in [1.807, 2.05) is 0 Å². The molecule has 0 aromatic carbocycles. The fourth-order valence-electron chi connectivity index (χ4n) is 9.61. The Kier molecular flexibility index (Phi) is 6.02. The summed E-state index contributed by atoms with van der Waals surface area (Å²) in [7, 11) is 0. The van der Waals surface area contributed by atoms with Crippen LogP contribution in [-0.4, -0.2) is 29.3 Å². The number of aliphatic hydroxyl groups excluding tert-OH is 1. The van der Waals surface area contributed by atoms with Crippen LogP contribution >= 0.6 is 0 Å². The Hall–Kier alpha value is -1.29. The van der Waals surface area contributed by atoms with E-state index in [-0.39, 0.29) is 17.6 Å². The van der Waals surface area contributed by atoms with Crippen LogP contribution in [-0.2, 0) is 9.53 Å². The van der Waals surface area contributed by atoms with Gasteiger partial charge in [-0.25, -0.2) is 0 Å². The minimum Gasteiger partial charge on any atom is -0.491 e. The van der Waals surface area contributed by atoms with Crippen molar-refractivity contribution in [1.29, 1.82) is 0 Å². The average molecular weight is 470 g/mol. The number of amides is 1. The van der Waals surface area contributed by atoms with E-state index in [2.05, 4.69) is 46.0 Å². The third kappa shape index (κ3) is 3.69. The Balaban J connectivity index is 1.34. The molecule has 4 heteroatoms. The zero-order valence-corrected chi connectivity index (χ0v) is 22.4. The summed E-state index contributed by atoms with van der Waals surface area (Å²) < 4.78 is 6.89. The summed E-state index contributed by atoms with van der Waals surface area (Å²) in [6, 6.07) is 0. The second-order valence-corrected chi connectivity index (χ2v) is 13.4. The van der Waals surface area contributed by atoms with Gasteiger partial charge in [0.25, 0.3) is 0 Å². The molecule has 9 atom stereocenters. The van der Waals surface area contributed by atoms with E-state index in [4.69, 9.17) is 4.74 Å². The Morgan fingerprint density at radius 3 is 2.74 bits per heavy atom. The molecule has 0 unspecified atom stereocenters. The average Bonchev–Trinajstić information content (AvgIpc) is 3.17. The fourth-order valence-corrected chi connectivity index (χ4v) is 9.61. The first-order chi connectivity index (χ1) is 16.0. The molecule has 4 aliphatic carbocycles. The molecule has 0 saturated heterocycles. The summed E-state index contributed by atoms with van der Waals surface area (Å²) in [6.45, 7) is 14.4. The Labute approximate surface area is 207 Å². The van der Waals surface area contributed by atoms with E-state index in [0.717, 1.165) is 56.4 Å². The standard InChI is InChI=1S/C30H47NO3/c1-18(17-31-20(3)32)7-10-26-19(2)27-29(5)14-12-24-23(25(29)16-30(27,6)34-26)9-8-21-15-22(33)11-13-28(21,24)4/h8,18,22-25,27,33H,7,9-17H2,1-6H3,(H,31,32)/t18-,22+,23+,24-,25+,27-,28+,29+,30+/m1/s1. The second kappa shape index (κ2) is 8.39. The molecule has 1 aliphatic heterocycles. The van der Waals surface area contributed by atoms with Crippen LogP contribution in [0.3, 0.4) is 0 Å². The van der Waals surface area contributed by atoms with Crippen LogP contribution in [0.15, 0.2) is 23.0 Å². The summed E-state index contributed by atoms with van der Waals surface area (Å²) in [4.78, 5) is 11.3. The minimum absolute atomic E-state index is 0.0546. The number of rotatable bonds is 5. The molecule has 1 heterocycles. The smallest absolute Gasteiger partial charge is 0.216 e. The molecule has 3 fully saturated rings. The van der Waals surface area contributed by atoms with Gasteiger partial charge in [-0.3, -0.25) is 4.79 Å². The highest BCUT2D eigenvalue weighted by Crippen LogP contribution is 2.71. The third-order valence-corrected chi connectivity index (χ3v) is 11.2. The molecule has 5 aliphatic rings. The maximum atomic E-state index is 11.3. The number of nitrogens with one attached hydrogen (secondary N) is 1. The van der Waals surface area contributed by atoms with Gasteiger partial charge >= 0.3 is 0 Å². The molecular weight excluding hydrogens is 422 g/mol. The highest BCUT2D eigenvalue weighted by molar-refractivity contribution is 5.72. The lowest BCUT2D eigenvalue weighted by Crippen LogP contribution is -2.50. The fraction of sp³-hybridized carbons (Fsp3) is 0.833. The van der Waals surface area contributed by atoms with E-state index in [0.29, 0.717) is 22.7 Å². The monoisotopic (exact) mass is 469 g/mol. The van der Waals surface area contributed by atoms with E-state index < -0.39 is 0 Å². The van der Waals surface area contributed by atoms with E-state index in [1.54, 1.807) is 12.5 Å². The number of hydrogen-bond donors (Lipinski definition) is 2. The summed E-state index contributed by atoms with van der Waals surface area (Å²) in [6.07, 6.45) is 12.5. The molecule has 0 radical (unpaired) electrons. The van der Waals surface area contributed by atoms with Crippen molar-refractivity contribution in [2.75, 3.05) is 6.54 Å². The largest absolute Gasteiger partial charge is 0.491 e. The van der Waals surface area contributed by atoms with Crippen LogP contribution in [0.5, 0.6) is 0 Å². The molecular formula is C30H47NO3. The van der Waals surface area contributed by atoms with Crippen LogP contribution < -0.4 is 5.32 Å². The van der Waals surface area contributed by atoms with Gasteiger partial charge in [-0.2, -0.15) is 0 Å². The van der Waals surface area contributed by atoms with Crippen molar-refractivity contribution >= 4 is 5.91 Å². The topological polar surface area (TPSA) is 58.6 Å². The predicted molar refractivity (Wildman–Crippen MR) is 136 cm³/mol. The lowest BCUT2D eigenvalue weighted by Gasteiger charge is -2.57. The first kappa shape index (κ1) is 24.4. The SMILES string of the molecule is CC(=O)NC[C@H](C)CCC1=C(C)[C@@H]2[C@@]3(C)CC[C@@H]4[C@H](CC=C5C[C@@H](O)CC[C@@]54C)[C@@H]3C[C@]2(C)O1. The highest BCUT2D eigenvalue weighted by atomic mass is 16.5. The molecule has 2 N–H and O–H groups in total. The number of aliphatic hydroxyl groups is 1. The quantitative estimate of drug-likeness (QED) is 0.475. The van der Waals surface area contributed by atoms with Crippen molar-refractivity contribution < 1.29 is 14.6 Å². The number of fused-ring (bicyclic) bond motifs is 7. The second-order valence-electron chi connectivity index (χ2n) is 13.4. The molecule has 1 amide bonds. The van der Waals surface area contributed by atoms with Gasteiger partial charge in [0.15, 0.2) is 0 Å². The molecule has 0 aromatic rings. The summed E-state index contributed by atoms with van der Waals surface area (Å²) >= 11 is 0. The van der Waals surface area contributed by atoms with Crippen molar-refractivity contribution in [3.63, 3.8) is 0 Å². The Morgan fingerprint density at radius 2 is 2.00 bits per heavy atom. The van der Waals surface area contributed by atoms with E-state index in [1.165, 1.54) is 37.0 Å². The maximum absolute atomic E-state index is 11.3. The van der Waals surface area contributed by atoms with Crippen molar-refractivity contribution in [3.05, 3.63) is 23.0 Å². The Bertz CT molecular complexity index is 907. The predicted octanol–water partition coefficient (Wildman–Crippen LogP) is 6.15. The molecule has 0 bridgehead atoms. The van der Waals surface area contributed by atoms with Crippen LogP contribution in [0.2, 0.25) is 0 Å². The van der Waals surface area contributed by atoms with Crippen LogP contribution in [0.1, 0.15) is 99.3 Å². The van der Waals surface area contributed by atoms with Gasteiger partial charge in [0.2, 0.25) is 5.91 Å². The van der Waals surface area contributed by atoms with Gasteiger partial charge in [-0.15, -0.1) is 0 Å². The Morgan fingerprint density at radius 1 is 1.24 bits per heavy atom. The molecule has 3 saturated carbocycles. The molecule has 0 spiro atoms. The summed E-state index contributed by atoms with van der Waals surface area (Å²) in [5, 5.41) is 13.3. The summed E-state index contributed by atoms with van der Waals surface area (Å²) in [5.41, 5.74) is 3.62. The van der Waals surface area contributed by atoms with Crippen molar-refractivity contribution in [2.45, 2.75) is 111 Å². The van der Waals surface area contributed by atoms with Crippen molar-refractivity contribution in [2.24, 2.45) is 40.4 Å². The first-order valence-corrected chi connectivity index (χ1v) is 14.0. The van der Waals surface area contributed by atoms with E-state index in [9.17, 15) is 9.90 Å². The number of ether oxygens (including phenoxy) is 1. The molecule has 34 heavy (non-hydrogen) atoms. The van der Waals surface area contributed by atoms with Gasteiger partial charge in [0.1, 0.15) is 5.60 Å². The van der Waals surface area contributed by atoms with E-state index >= 15 is 0 Å². The maximum Gasteiger partial charge on any atom is 0.216 e. The molecule has 190 valence electrons. The first-order valence-electron chi connectivity index (χ1n) is 14.0. The van der Waals surface area contributed by atoms with Crippen molar-refractivity contribution in [1.82, 2.24) is 5.32 Å². The van der Waals surface area contributed by atoms with Crippen LogP contribution in [0, 0.1) is 40.4 Å². The number of carbonyl (C=O) groups is 1. The minimum atomic E-state index is -0.130. The third-order valence-electron chi connectivity index (χ3n) is 11.2. The lowest BCUT2D eigenvalue weighted by molar-refractivity contribution is -0.119. The van der Waals surface area contributed by atoms with Gasteiger partial charge in [0, 0.05) is 25.8 Å². The zero-order chi connectivity index (χ0) is 24.5. The normalized spacial score (nSPS) is 46.0. The number of allylic oxidation sites excluding steroid dienone is 2. The van der Waals surface area contributed by atoms with Gasteiger partial charge in [-0.05, 0) is 105 Å². The number of hydrogen-bond acceptors (Lipinski definition) is 3. The van der Waals surface area contributed by atoms with Gasteiger partial charge in [0.05, 0.1) is 11.9 Å². The van der Waals surface area contributed by atoms with Gasteiger partial charge < -0.3 is 15.2 Å². The summed E-state index contributed by atoms with van der Waals surface area (Å²) in [5.74, 6) is 4.51. The van der Waals surface area contributed by atoms with Gasteiger partial charge in [-0.1, -0.05) is 32.4 Å². The molecule has 5 rings (SSSR count). The van der Waals surface area contributed by atoms with Crippen molar-refractivity contribution in [3.8, 4) is 0 Å². The highest BCUT2D eigenvalue weighted by Gasteiger charge is 2.67. The zero-order valence-electron chi connectivity index (χ0n) is 22.4. The lowest BCUT2D eigenvalue weighted by atomic mass is 9.47. The van der Waals surface area contributed by atoms with Crippen LogP contribution in [0.25, 0.3) is 0 Å².